The van der Waals surface area contributed by atoms with Gasteiger partial charge in [0, 0.05) is 12.5 Å². The molecule has 2 aliphatic rings. The van der Waals surface area contributed by atoms with Crippen molar-refractivity contribution in [3.8, 4) is 5.75 Å². The highest BCUT2D eigenvalue weighted by Crippen LogP contribution is 2.32. The van der Waals surface area contributed by atoms with Gasteiger partial charge in [0.2, 0.25) is 5.91 Å². The molecule has 1 aliphatic carbocycles. The Morgan fingerprint density at radius 3 is 2.72 bits per heavy atom. The molecule has 0 aromatic heterocycles. The number of carbonyl (C=O) groups is 1. The maximum absolute atomic E-state index is 13.5. The van der Waals surface area contributed by atoms with E-state index < -0.39 is 0 Å². The molecule has 4 nitrogen and oxygen atoms in total. The number of carbonyl (C=O) groups excluding carboxylic acids is 1. The molecule has 1 aromatic rings. The topological polar surface area (TPSA) is 50.4 Å². The van der Waals surface area contributed by atoms with Crippen LogP contribution in [0, 0.1) is 23.6 Å². The molecule has 1 atom stereocenters. The van der Waals surface area contributed by atoms with Crippen molar-refractivity contribution in [1.82, 2.24) is 5.32 Å². The number of benzene rings is 1. The Kier molecular flexibility index (Phi) is 7.51. The van der Waals surface area contributed by atoms with E-state index in [1.54, 1.807) is 6.07 Å². The van der Waals surface area contributed by atoms with E-state index in [9.17, 15) is 9.18 Å². The zero-order chi connectivity index (χ0) is 16.9. The normalized spacial score (nSPS) is 19.0. The lowest BCUT2D eigenvalue weighted by Gasteiger charge is -2.28. The van der Waals surface area contributed by atoms with E-state index in [-0.39, 0.29) is 24.1 Å². The minimum atomic E-state index is -0.345. The van der Waals surface area contributed by atoms with Crippen LogP contribution in [-0.2, 0) is 4.79 Å². The van der Waals surface area contributed by atoms with Gasteiger partial charge >= 0.3 is 0 Å². The first kappa shape index (κ1) is 20.0. The van der Waals surface area contributed by atoms with Crippen LogP contribution >= 0.6 is 12.4 Å². The number of ether oxygens (including phenoxy) is 1. The van der Waals surface area contributed by atoms with Crippen molar-refractivity contribution in [2.75, 3.05) is 25.0 Å². The number of nitrogens with one attached hydrogen (secondary N) is 2. The van der Waals surface area contributed by atoms with Gasteiger partial charge in [0.05, 0.1) is 12.3 Å². The molecule has 1 saturated carbocycles. The van der Waals surface area contributed by atoms with Gasteiger partial charge in [-0.05, 0) is 68.7 Å². The number of piperidine rings is 1. The molecule has 3 rings (SSSR count). The van der Waals surface area contributed by atoms with E-state index in [1.807, 2.05) is 0 Å². The molecule has 0 spiro atoms. The molecule has 1 aromatic carbocycles. The van der Waals surface area contributed by atoms with E-state index >= 15 is 0 Å². The standard InChI is InChI=1S/C19H27FN2O2.ClH/c1-13(15-6-8-21-9-7-15)10-19(23)22-17-5-4-16(20)11-18(17)24-12-14-2-3-14;/h4-5,11,13-15,21H,2-3,6-10,12H2,1H3,(H,22,23);1H. The fourth-order valence-corrected chi connectivity index (χ4v) is 3.28. The molecule has 2 N–H and O–H groups in total. The fraction of sp³-hybridized carbons (Fsp3) is 0.632. The van der Waals surface area contributed by atoms with Crippen molar-refractivity contribution in [2.45, 2.75) is 39.0 Å². The quantitative estimate of drug-likeness (QED) is 0.762. The summed E-state index contributed by atoms with van der Waals surface area (Å²) in [5.74, 6) is 1.59. The molecule has 1 heterocycles. The van der Waals surface area contributed by atoms with Crippen molar-refractivity contribution in [3.63, 3.8) is 0 Å². The Morgan fingerprint density at radius 2 is 2.04 bits per heavy atom. The molecule has 2 fully saturated rings. The summed E-state index contributed by atoms with van der Waals surface area (Å²) in [4.78, 5) is 12.4. The lowest BCUT2D eigenvalue weighted by atomic mass is 9.84. The summed E-state index contributed by atoms with van der Waals surface area (Å²) < 4.78 is 19.2. The predicted octanol–water partition coefficient (Wildman–Crippen LogP) is 4.00. The average molecular weight is 371 g/mol. The van der Waals surface area contributed by atoms with Gasteiger partial charge in [0.15, 0.2) is 0 Å². The zero-order valence-electron chi connectivity index (χ0n) is 14.7. The van der Waals surface area contributed by atoms with Crippen LogP contribution in [0.15, 0.2) is 18.2 Å². The van der Waals surface area contributed by atoms with Crippen molar-refractivity contribution in [3.05, 3.63) is 24.0 Å². The first-order valence-electron chi connectivity index (χ1n) is 9.04. The van der Waals surface area contributed by atoms with Crippen LogP contribution in [0.1, 0.15) is 39.0 Å². The highest BCUT2D eigenvalue weighted by molar-refractivity contribution is 5.92. The molecule has 1 unspecified atom stereocenters. The van der Waals surface area contributed by atoms with Gasteiger partial charge in [0.25, 0.3) is 0 Å². The van der Waals surface area contributed by atoms with Crippen LogP contribution in [0.25, 0.3) is 0 Å². The number of halogens is 2. The highest BCUT2D eigenvalue weighted by atomic mass is 35.5. The van der Waals surface area contributed by atoms with Gasteiger partial charge in [0.1, 0.15) is 11.6 Å². The summed E-state index contributed by atoms with van der Waals surface area (Å²) in [6, 6.07) is 4.30. The van der Waals surface area contributed by atoms with E-state index in [2.05, 4.69) is 17.6 Å². The first-order chi connectivity index (χ1) is 11.6. The Morgan fingerprint density at radius 1 is 1.32 bits per heavy atom. The van der Waals surface area contributed by atoms with Crippen LogP contribution in [0.4, 0.5) is 10.1 Å². The SMILES string of the molecule is CC(CC(=O)Nc1ccc(F)cc1OCC1CC1)C1CCNCC1.Cl. The zero-order valence-corrected chi connectivity index (χ0v) is 15.5. The predicted molar refractivity (Wildman–Crippen MR) is 99.9 cm³/mol. The molecule has 6 heteroatoms. The van der Waals surface area contributed by atoms with E-state index in [4.69, 9.17) is 4.74 Å². The van der Waals surface area contributed by atoms with Crippen molar-refractivity contribution in [1.29, 1.82) is 0 Å². The molecule has 140 valence electrons. The average Bonchev–Trinajstić information content (AvgIpc) is 3.40. The van der Waals surface area contributed by atoms with Gasteiger partial charge in [-0.3, -0.25) is 4.79 Å². The second-order valence-corrected chi connectivity index (χ2v) is 7.21. The monoisotopic (exact) mass is 370 g/mol. The number of amides is 1. The summed E-state index contributed by atoms with van der Waals surface area (Å²) in [6.45, 7) is 4.81. The maximum atomic E-state index is 13.5. The Bertz CT molecular complexity index is 575. The molecule has 1 amide bonds. The minimum Gasteiger partial charge on any atom is -0.491 e. The smallest absolute Gasteiger partial charge is 0.224 e. The molecule has 25 heavy (non-hydrogen) atoms. The maximum Gasteiger partial charge on any atom is 0.224 e. The largest absolute Gasteiger partial charge is 0.491 e. The van der Waals surface area contributed by atoms with E-state index in [0.29, 0.717) is 42.2 Å². The first-order valence-corrected chi connectivity index (χ1v) is 9.04. The lowest BCUT2D eigenvalue weighted by Crippen LogP contribution is -2.32. The van der Waals surface area contributed by atoms with Gasteiger partial charge in [-0.2, -0.15) is 0 Å². The summed E-state index contributed by atoms with van der Waals surface area (Å²) >= 11 is 0. The summed E-state index contributed by atoms with van der Waals surface area (Å²) in [7, 11) is 0. The number of hydrogen-bond donors (Lipinski definition) is 2. The minimum absolute atomic E-state index is 0. The van der Waals surface area contributed by atoms with Crippen molar-refractivity contribution >= 4 is 24.0 Å². The van der Waals surface area contributed by atoms with Gasteiger partial charge in [-0.1, -0.05) is 6.92 Å². The van der Waals surface area contributed by atoms with Crippen LogP contribution < -0.4 is 15.4 Å². The van der Waals surface area contributed by atoms with Gasteiger partial charge < -0.3 is 15.4 Å². The van der Waals surface area contributed by atoms with Crippen LogP contribution in [0.2, 0.25) is 0 Å². The molecular weight excluding hydrogens is 343 g/mol. The van der Waals surface area contributed by atoms with Crippen molar-refractivity contribution < 1.29 is 13.9 Å². The van der Waals surface area contributed by atoms with Gasteiger partial charge in [-0.15, -0.1) is 12.4 Å². The Hall–Kier alpha value is -1.33. The number of hydrogen-bond acceptors (Lipinski definition) is 3. The molecule has 0 bridgehead atoms. The third kappa shape index (κ3) is 6.15. The summed E-state index contributed by atoms with van der Waals surface area (Å²) in [5.41, 5.74) is 0.569. The second kappa shape index (κ2) is 9.39. The number of rotatable bonds is 7. The lowest BCUT2D eigenvalue weighted by molar-refractivity contribution is -0.117. The summed E-state index contributed by atoms with van der Waals surface area (Å²) in [6.07, 6.45) is 5.08. The van der Waals surface area contributed by atoms with Crippen LogP contribution in [-0.4, -0.2) is 25.6 Å². The fourth-order valence-electron chi connectivity index (χ4n) is 3.28. The number of anilines is 1. The Balaban J connectivity index is 0.00000225. The highest BCUT2D eigenvalue weighted by Gasteiger charge is 2.24. The van der Waals surface area contributed by atoms with Crippen molar-refractivity contribution in [2.24, 2.45) is 17.8 Å². The molecule has 0 radical (unpaired) electrons. The molecule has 1 saturated heterocycles. The summed E-state index contributed by atoms with van der Waals surface area (Å²) in [5, 5.41) is 6.26. The molecule has 1 aliphatic heterocycles. The van der Waals surface area contributed by atoms with Crippen LogP contribution in [0.5, 0.6) is 5.75 Å². The van der Waals surface area contributed by atoms with Gasteiger partial charge in [-0.25, -0.2) is 4.39 Å². The third-order valence-corrected chi connectivity index (χ3v) is 5.09. The molecular formula is C19H28ClFN2O2. The van der Waals surface area contributed by atoms with E-state index in [0.717, 1.165) is 25.9 Å². The third-order valence-electron chi connectivity index (χ3n) is 5.09. The second-order valence-electron chi connectivity index (χ2n) is 7.21. The van der Waals surface area contributed by atoms with Crippen LogP contribution in [0.3, 0.4) is 0 Å². The van der Waals surface area contributed by atoms with E-state index in [1.165, 1.54) is 25.0 Å². The Labute approximate surface area is 155 Å².